The maximum absolute atomic E-state index is 11.4. The van der Waals surface area contributed by atoms with E-state index in [1.165, 1.54) is 12.4 Å². The predicted octanol–water partition coefficient (Wildman–Crippen LogP) is 1.92. The molecule has 0 aromatic carbocycles. The molecule has 9 heteroatoms. The van der Waals surface area contributed by atoms with E-state index in [0.29, 0.717) is 11.6 Å². The van der Waals surface area contributed by atoms with Crippen molar-refractivity contribution >= 4 is 24.2 Å². The Morgan fingerprint density at radius 3 is 2.17 bits per heavy atom. The molecule has 0 radical (unpaired) electrons. The Labute approximate surface area is 148 Å². The summed E-state index contributed by atoms with van der Waals surface area (Å²) in [6.07, 6.45) is 7.32. The van der Waals surface area contributed by atoms with Crippen LogP contribution in [0.5, 0.6) is 0 Å². The molecule has 0 aliphatic heterocycles. The number of aromatic amines is 2. The molecule has 0 amide bonds. The van der Waals surface area contributed by atoms with Gasteiger partial charge in [0.15, 0.2) is 11.6 Å². The van der Waals surface area contributed by atoms with Crippen molar-refractivity contribution in [1.29, 1.82) is 0 Å². The van der Waals surface area contributed by atoms with Crippen LogP contribution in [-0.4, -0.2) is 70.4 Å². The van der Waals surface area contributed by atoms with Gasteiger partial charge in [0.2, 0.25) is 0 Å². The standard InChI is InChI=1S/C8H17N3.C7H6N4O.ClH/c1-4-9-8-10-6-5-7-11(2)3;12-5(6-8-1-2-9-6)7-10-3-4-11-7;/h4-7H2,1-3H3;1-4H,(H,8,9)(H,10,11);1H. The van der Waals surface area contributed by atoms with Crippen LogP contribution in [0.2, 0.25) is 0 Å². The number of halogens is 1. The summed E-state index contributed by atoms with van der Waals surface area (Å²) in [5.74, 6) is 0.361. The van der Waals surface area contributed by atoms with Gasteiger partial charge in [0.1, 0.15) is 0 Å². The number of nitrogens with one attached hydrogen (secondary N) is 2. The lowest BCUT2D eigenvalue weighted by molar-refractivity contribution is 0.102. The highest BCUT2D eigenvalue weighted by Gasteiger charge is 2.12. The summed E-state index contributed by atoms with van der Waals surface area (Å²) in [4.78, 5) is 34.4. The van der Waals surface area contributed by atoms with E-state index in [-0.39, 0.29) is 18.2 Å². The first-order valence-electron chi connectivity index (χ1n) is 7.41. The van der Waals surface area contributed by atoms with E-state index in [4.69, 9.17) is 0 Å². The molecule has 0 atom stereocenters. The van der Waals surface area contributed by atoms with E-state index < -0.39 is 0 Å². The second-order valence-electron chi connectivity index (χ2n) is 4.82. The zero-order valence-electron chi connectivity index (χ0n) is 14.2. The van der Waals surface area contributed by atoms with Crippen molar-refractivity contribution in [2.24, 2.45) is 9.98 Å². The second-order valence-corrected chi connectivity index (χ2v) is 4.82. The molecule has 132 valence electrons. The fourth-order valence-corrected chi connectivity index (χ4v) is 1.53. The molecule has 0 bridgehead atoms. The van der Waals surface area contributed by atoms with Crippen LogP contribution in [0.3, 0.4) is 0 Å². The van der Waals surface area contributed by atoms with Crippen molar-refractivity contribution in [3.63, 3.8) is 0 Å². The van der Waals surface area contributed by atoms with Crippen LogP contribution in [0.4, 0.5) is 0 Å². The second kappa shape index (κ2) is 13.2. The molecule has 2 heterocycles. The number of carbonyl (C=O) groups is 1. The van der Waals surface area contributed by atoms with Crippen LogP contribution in [0.25, 0.3) is 0 Å². The van der Waals surface area contributed by atoms with Gasteiger partial charge in [0.25, 0.3) is 5.78 Å². The third-order valence-electron chi connectivity index (χ3n) is 2.60. The first kappa shape index (κ1) is 21.7. The first-order valence-corrected chi connectivity index (χ1v) is 7.41. The Bertz CT molecular complexity index is 566. The average molecular weight is 354 g/mol. The number of imidazole rings is 2. The fourth-order valence-electron chi connectivity index (χ4n) is 1.53. The molecule has 2 aromatic rings. The Hall–Kier alpha value is -2.28. The smallest absolute Gasteiger partial charge is 0.263 e. The van der Waals surface area contributed by atoms with Crippen molar-refractivity contribution in [2.45, 2.75) is 13.3 Å². The summed E-state index contributed by atoms with van der Waals surface area (Å²) >= 11 is 0. The Morgan fingerprint density at radius 2 is 1.75 bits per heavy atom. The van der Waals surface area contributed by atoms with Crippen LogP contribution in [0.1, 0.15) is 29.8 Å². The van der Waals surface area contributed by atoms with Crippen LogP contribution in [0.15, 0.2) is 34.8 Å². The summed E-state index contributed by atoms with van der Waals surface area (Å²) in [6, 6.07) is 2.64. The number of aromatic nitrogens is 4. The van der Waals surface area contributed by atoms with E-state index >= 15 is 0 Å². The zero-order valence-corrected chi connectivity index (χ0v) is 15.0. The molecule has 0 saturated heterocycles. The Kier molecular flexibility index (Phi) is 11.9. The van der Waals surface area contributed by atoms with Gasteiger partial charge in [-0.3, -0.25) is 4.79 Å². The van der Waals surface area contributed by atoms with Gasteiger partial charge in [-0.1, -0.05) is 0 Å². The Morgan fingerprint density at radius 1 is 1.17 bits per heavy atom. The molecule has 0 fully saturated rings. The lowest BCUT2D eigenvalue weighted by atomic mass is 10.3. The summed E-state index contributed by atoms with van der Waals surface area (Å²) in [5.41, 5.74) is 0. The van der Waals surface area contributed by atoms with Crippen LogP contribution in [-0.2, 0) is 0 Å². The fraction of sp³-hybridized carbons (Fsp3) is 0.467. The van der Waals surface area contributed by atoms with Crippen LogP contribution < -0.4 is 0 Å². The van der Waals surface area contributed by atoms with E-state index in [1.807, 2.05) is 6.92 Å². The van der Waals surface area contributed by atoms with Gasteiger partial charge in [-0.05, 0) is 34.0 Å². The van der Waals surface area contributed by atoms with E-state index in [9.17, 15) is 4.79 Å². The number of ketones is 1. The van der Waals surface area contributed by atoms with Crippen molar-refractivity contribution in [2.75, 3.05) is 33.7 Å². The third kappa shape index (κ3) is 8.99. The highest BCUT2D eigenvalue weighted by atomic mass is 35.5. The molecular weight excluding hydrogens is 330 g/mol. The van der Waals surface area contributed by atoms with E-state index in [1.54, 1.807) is 12.4 Å². The lowest BCUT2D eigenvalue weighted by Gasteiger charge is -2.05. The molecule has 0 spiro atoms. The van der Waals surface area contributed by atoms with Crippen LogP contribution >= 0.6 is 12.4 Å². The van der Waals surface area contributed by atoms with E-state index in [2.05, 4.69) is 54.9 Å². The summed E-state index contributed by atoms with van der Waals surface area (Å²) in [5, 5.41) is 0. The molecule has 0 saturated carbocycles. The molecule has 2 rings (SSSR count). The molecule has 0 aliphatic carbocycles. The van der Waals surface area contributed by atoms with Crippen molar-refractivity contribution in [3.8, 4) is 0 Å². The van der Waals surface area contributed by atoms with Crippen molar-refractivity contribution in [3.05, 3.63) is 36.4 Å². The molecule has 0 unspecified atom stereocenters. The number of H-pyrrole nitrogens is 2. The van der Waals surface area contributed by atoms with Crippen LogP contribution in [0, 0.1) is 0 Å². The number of carbonyl (C=O) groups excluding carboxylic acids is 1. The highest BCUT2D eigenvalue weighted by Crippen LogP contribution is 1.98. The van der Waals surface area contributed by atoms with Gasteiger partial charge in [0, 0.05) is 31.3 Å². The molecule has 2 aromatic heterocycles. The largest absolute Gasteiger partial charge is 0.342 e. The van der Waals surface area contributed by atoms with Crippen molar-refractivity contribution < 1.29 is 4.79 Å². The quantitative estimate of drug-likeness (QED) is 0.451. The number of nitrogens with zero attached hydrogens (tertiary/aromatic N) is 5. The third-order valence-corrected chi connectivity index (χ3v) is 2.60. The van der Waals surface area contributed by atoms with Gasteiger partial charge in [-0.25, -0.2) is 20.0 Å². The SMILES string of the molecule is CCN=C=NCCCN(C)C.Cl.O=C(c1ncc[nH]1)c1ncc[nH]1. The maximum atomic E-state index is 11.4. The first-order chi connectivity index (χ1) is 11.1. The summed E-state index contributed by atoms with van der Waals surface area (Å²) < 4.78 is 0. The van der Waals surface area contributed by atoms with Gasteiger partial charge in [0.05, 0.1) is 12.6 Å². The summed E-state index contributed by atoms with van der Waals surface area (Å²) in [7, 11) is 4.12. The molecule has 2 N–H and O–H groups in total. The van der Waals surface area contributed by atoms with E-state index in [0.717, 1.165) is 26.1 Å². The lowest BCUT2D eigenvalue weighted by Crippen LogP contribution is -2.13. The number of hydrogen-bond acceptors (Lipinski definition) is 6. The minimum atomic E-state index is -0.231. The molecule has 8 nitrogen and oxygen atoms in total. The zero-order chi connectivity index (χ0) is 16.9. The predicted molar refractivity (Wildman–Crippen MR) is 96.3 cm³/mol. The average Bonchev–Trinajstić information content (AvgIpc) is 3.24. The normalized spacial score (nSPS) is 9.33. The minimum absolute atomic E-state index is 0. The maximum Gasteiger partial charge on any atom is 0.263 e. The van der Waals surface area contributed by atoms with Gasteiger partial charge in [-0.15, -0.1) is 12.4 Å². The number of aliphatic imine (C=N–C) groups is 2. The van der Waals surface area contributed by atoms with Gasteiger partial charge >= 0.3 is 0 Å². The minimum Gasteiger partial charge on any atom is -0.342 e. The molecule has 24 heavy (non-hydrogen) atoms. The topological polar surface area (TPSA) is 102 Å². The van der Waals surface area contributed by atoms with Gasteiger partial charge in [-0.2, -0.15) is 0 Å². The Balaban J connectivity index is 0.000000426. The highest BCUT2D eigenvalue weighted by molar-refractivity contribution is 6.03. The van der Waals surface area contributed by atoms with Crippen molar-refractivity contribution in [1.82, 2.24) is 24.8 Å². The monoisotopic (exact) mass is 353 g/mol. The van der Waals surface area contributed by atoms with Gasteiger partial charge < -0.3 is 14.9 Å². The number of hydrogen-bond donors (Lipinski definition) is 2. The number of rotatable bonds is 7. The molecule has 0 aliphatic rings. The molecular formula is C15H24ClN7O. The summed E-state index contributed by atoms with van der Waals surface area (Å²) in [6.45, 7) is 4.67.